The van der Waals surface area contributed by atoms with E-state index >= 15 is 0 Å². The molecule has 0 saturated carbocycles. The van der Waals surface area contributed by atoms with Crippen LogP contribution in [-0.4, -0.2) is 13.0 Å². The lowest BCUT2D eigenvalue weighted by atomic mass is 10.4. The summed E-state index contributed by atoms with van der Waals surface area (Å²) < 4.78 is 23.3. The van der Waals surface area contributed by atoms with E-state index in [4.69, 9.17) is 5.14 Å². The van der Waals surface area contributed by atoms with Crippen LogP contribution in [0.1, 0.15) is 5.56 Å². The predicted molar refractivity (Wildman–Crippen MR) is 41.5 cm³/mol. The van der Waals surface area contributed by atoms with Gasteiger partial charge < -0.3 is 4.57 Å². The normalized spacial score (nSPS) is 11.9. The summed E-state index contributed by atoms with van der Waals surface area (Å²) in [6, 6.07) is 0. The molecule has 0 radical (unpaired) electrons. The van der Waals surface area contributed by atoms with Gasteiger partial charge in [0.05, 0.1) is 0 Å². The Hall–Kier alpha value is -0.810. The number of rotatable bonds is 1. The van der Waals surface area contributed by atoms with Crippen molar-refractivity contribution < 1.29 is 8.42 Å². The van der Waals surface area contributed by atoms with Crippen molar-refractivity contribution in [3.63, 3.8) is 0 Å². The fraction of sp³-hybridized carbons (Fsp3) is 0.333. The first kappa shape index (κ1) is 8.29. The molecular formula is C6H10N2O2S. The average molecular weight is 174 g/mol. The van der Waals surface area contributed by atoms with Crippen molar-refractivity contribution in [3.05, 3.63) is 18.0 Å². The van der Waals surface area contributed by atoms with Crippen LogP contribution in [0.25, 0.3) is 0 Å². The molecule has 0 saturated heterocycles. The number of aryl methyl sites for hydroxylation is 2. The van der Waals surface area contributed by atoms with Gasteiger partial charge in [-0.05, 0) is 12.5 Å². The van der Waals surface area contributed by atoms with E-state index in [9.17, 15) is 8.42 Å². The van der Waals surface area contributed by atoms with Gasteiger partial charge in [0.1, 0.15) is 4.90 Å². The molecule has 1 rings (SSSR count). The Morgan fingerprint density at radius 2 is 2.00 bits per heavy atom. The summed E-state index contributed by atoms with van der Waals surface area (Å²) in [7, 11) is -1.78. The summed E-state index contributed by atoms with van der Waals surface area (Å²) in [5.41, 5.74) is 0.676. The highest BCUT2D eigenvalue weighted by Gasteiger charge is 2.12. The van der Waals surface area contributed by atoms with Crippen LogP contribution in [0.2, 0.25) is 0 Å². The van der Waals surface area contributed by atoms with Gasteiger partial charge in [-0.1, -0.05) is 0 Å². The number of nitrogens with zero attached hydrogens (tertiary/aromatic N) is 1. The third-order valence-corrected chi connectivity index (χ3v) is 2.45. The van der Waals surface area contributed by atoms with Crippen LogP contribution in [-0.2, 0) is 17.1 Å². The largest absolute Gasteiger partial charge is 0.356 e. The number of primary sulfonamides is 1. The van der Waals surface area contributed by atoms with Crippen LogP contribution < -0.4 is 5.14 Å². The molecule has 1 heterocycles. The number of hydrogen-bond donors (Lipinski definition) is 1. The molecule has 0 fully saturated rings. The lowest BCUT2D eigenvalue weighted by molar-refractivity contribution is 0.597. The molecule has 0 amide bonds. The molecule has 11 heavy (non-hydrogen) atoms. The van der Waals surface area contributed by atoms with Crippen molar-refractivity contribution in [1.82, 2.24) is 4.57 Å². The van der Waals surface area contributed by atoms with Crippen LogP contribution in [0, 0.1) is 6.92 Å². The van der Waals surface area contributed by atoms with Gasteiger partial charge >= 0.3 is 0 Å². The summed E-state index contributed by atoms with van der Waals surface area (Å²) in [5.74, 6) is 0. The highest BCUT2D eigenvalue weighted by Crippen LogP contribution is 2.12. The maximum atomic E-state index is 10.8. The van der Waals surface area contributed by atoms with Crippen LogP contribution >= 0.6 is 0 Å². The molecule has 0 aliphatic heterocycles. The number of hydrogen-bond acceptors (Lipinski definition) is 2. The highest BCUT2D eigenvalue weighted by molar-refractivity contribution is 7.89. The molecule has 0 aliphatic carbocycles. The second kappa shape index (κ2) is 2.35. The number of nitrogens with two attached hydrogens (primary N) is 1. The predicted octanol–water partition coefficient (Wildman–Crippen LogP) is -0.0191. The van der Waals surface area contributed by atoms with E-state index in [1.165, 1.54) is 6.20 Å². The van der Waals surface area contributed by atoms with Gasteiger partial charge in [-0.3, -0.25) is 0 Å². The molecule has 0 aromatic carbocycles. The molecule has 0 spiro atoms. The van der Waals surface area contributed by atoms with Crippen molar-refractivity contribution in [3.8, 4) is 0 Å². The third kappa shape index (κ3) is 1.61. The van der Waals surface area contributed by atoms with Gasteiger partial charge in [0.25, 0.3) is 0 Å². The fourth-order valence-electron chi connectivity index (χ4n) is 0.991. The molecule has 62 valence electrons. The summed E-state index contributed by atoms with van der Waals surface area (Å²) >= 11 is 0. The Kier molecular flexibility index (Phi) is 1.77. The summed E-state index contributed by atoms with van der Waals surface area (Å²) in [6.07, 6.45) is 3.20. The zero-order chi connectivity index (χ0) is 8.65. The minimum Gasteiger partial charge on any atom is -0.356 e. The smallest absolute Gasteiger partial charge is 0.239 e. The third-order valence-electron chi connectivity index (χ3n) is 1.41. The SMILES string of the molecule is Cc1cn(C)cc1S(N)(=O)=O. The topological polar surface area (TPSA) is 65.1 Å². The van der Waals surface area contributed by atoms with Gasteiger partial charge in [0, 0.05) is 19.4 Å². The maximum absolute atomic E-state index is 10.8. The van der Waals surface area contributed by atoms with E-state index in [0.29, 0.717) is 5.56 Å². The van der Waals surface area contributed by atoms with Crippen LogP contribution in [0.4, 0.5) is 0 Å². The van der Waals surface area contributed by atoms with Crippen molar-refractivity contribution in [1.29, 1.82) is 0 Å². The van der Waals surface area contributed by atoms with E-state index in [-0.39, 0.29) is 4.90 Å². The first-order valence-electron chi connectivity index (χ1n) is 3.06. The van der Waals surface area contributed by atoms with E-state index in [2.05, 4.69) is 0 Å². The molecule has 1 aromatic heterocycles. The lowest BCUT2D eigenvalue weighted by Gasteiger charge is -1.92. The molecule has 0 unspecified atom stereocenters. The average Bonchev–Trinajstić information content (AvgIpc) is 2.08. The minimum absolute atomic E-state index is 0.194. The van der Waals surface area contributed by atoms with Crippen molar-refractivity contribution in [2.45, 2.75) is 11.8 Å². The van der Waals surface area contributed by atoms with Gasteiger partial charge in [-0.2, -0.15) is 0 Å². The maximum Gasteiger partial charge on any atom is 0.239 e. The van der Waals surface area contributed by atoms with Gasteiger partial charge in [0.2, 0.25) is 10.0 Å². The Labute approximate surface area is 65.7 Å². The number of aromatic nitrogens is 1. The zero-order valence-electron chi connectivity index (χ0n) is 6.40. The molecule has 0 atom stereocenters. The fourth-order valence-corrected chi connectivity index (χ4v) is 1.81. The molecule has 0 aliphatic rings. The first-order chi connectivity index (χ1) is 4.91. The van der Waals surface area contributed by atoms with Gasteiger partial charge in [-0.15, -0.1) is 0 Å². The Bertz CT molecular complexity index is 364. The monoisotopic (exact) mass is 174 g/mol. The second-order valence-electron chi connectivity index (χ2n) is 2.52. The molecule has 1 aromatic rings. The summed E-state index contributed by atoms with van der Waals surface area (Å²) in [6.45, 7) is 1.71. The summed E-state index contributed by atoms with van der Waals surface area (Å²) in [5, 5.41) is 4.93. The lowest BCUT2D eigenvalue weighted by Crippen LogP contribution is -2.12. The van der Waals surface area contributed by atoms with Crippen molar-refractivity contribution in [2.75, 3.05) is 0 Å². The van der Waals surface area contributed by atoms with Gasteiger partial charge in [-0.25, -0.2) is 13.6 Å². The highest BCUT2D eigenvalue weighted by atomic mass is 32.2. The van der Waals surface area contributed by atoms with Crippen LogP contribution in [0.3, 0.4) is 0 Å². The molecule has 4 nitrogen and oxygen atoms in total. The van der Waals surface area contributed by atoms with Crippen LogP contribution in [0.15, 0.2) is 17.3 Å². The Morgan fingerprint density at radius 3 is 2.18 bits per heavy atom. The molecule has 0 bridgehead atoms. The molecule has 5 heteroatoms. The Morgan fingerprint density at radius 1 is 1.45 bits per heavy atom. The Balaban J connectivity index is 3.36. The van der Waals surface area contributed by atoms with Crippen molar-refractivity contribution >= 4 is 10.0 Å². The van der Waals surface area contributed by atoms with Gasteiger partial charge in [0.15, 0.2) is 0 Å². The molecule has 2 N–H and O–H groups in total. The second-order valence-corrected chi connectivity index (χ2v) is 4.05. The minimum atomic E-state index is -3.53. The van der Waals surface area contributed by atoms with Crippen LogP contribution in [0.5, 0.6) is 0 Å². The number of sulfonamides is 1. The standard InChI is InChI=1S/C6H10N2O2S/c1-5-3-8(2)4-6(5)11(7,9)10/h3-4H,1-2H3,(H2,7,9,10). The quantitative estimate of drug-likeness (QED) is 0.650. The zero-order valence-corrected chi connectivity index (χ0v) is 7.22. The first-order valence-corrected chi connectivity index (χ1v) is 4.61. The molecular weight excluding hydrogens is 164 g/mol. The summed E-state index contributed by atoms with van der Waals surface area (Å²) in [4.78, 5) is 0.194. The van der Waals surface area contributed by atoms with E-state index in [0.717, 1.165) is 0 Å². The van der Waals surface area contributed by atoms with E-state index in [1.54, 1.807) is 24.7 Å². The van der Waals surface area contributed by atoms with E-state index in [1.807, 2.05) is 0 Å². The van der Waals surface area contributed by atoms with Crippen molar-refractivity contribution in [2.24, 2.45) is 12.2 Å². The van der Waals surface area contributed by atoms with E-state index < -0.39 is 10.0 Å².